The van der Waals surface area contributed by atoms with E-state index < -0.39 is 5.41 Å². The Labute approximate surface area is 150 Å². The maximum absolute atomic E-state index is 13.6. The molecule has 1 saturated carbocycles. The first-order valence-corrected chi connectivity index (χ1v) is 8.48. The molecule has 0 saturated heterocycles. The number of hydrogen-bond acceptors (Lipinski definition) is 2. The molecule has 2 aromatic carbocycles. The number of amides is 2. The normalized spacial score (nSPS) is 14.6. The summed E-state index contributed by atoms with van der Waals surface area (Å²) in [5, 5.41) is 6.00. The number of rotatable bonds is 6. The van der Waals surface area contributed by atoms with E-state index in [4.69, 9.17) is 11.6 Å². The number of carbonyl (C=O) groups excluding carboxylic acids is 2. The van der Waals surface area contributed by atoms with E-state index in [0.29, 0.717) is 35.5 Å². The smallest absolute Gasteiger partial charge is 0.240 e. The van der Waals surface area contributed by atoms with Crippen LogP contribution in [0.15, 0.2) is 48.5 Å². The molecule has 3 rings (SSSR count). The van der Waals surface area contributed by atoms with Crippen molar-refractivity contribution in [3.05, 3.63) is 64.9 Å². The van der Waals surface area contributed by atoms with Crippen LogP contribution in [0.1, 0.15) is 18.4 Å². The molecule has 6 heteroatoms. The van der Waals surface area contributed by atoms with E-state index in [0.717, 1.165) is 0 Å². The van der Waals surface area contributed by atoms with E-state index in [1.54, 1.807) is 42.5 Å². The summed E-state index contributed by atoms with van der Waals surface area (Å²) in [6.45, 7) is 0.284. The molecule has 0 radical (unpaired) electrons. The van der Waals surface area contributed by atoms with Gasteiger partial charge in [0.05, 0.1) is 0 Å². The average Bonchev–Trinajstić information content (AvgIpc) is 3.38. The lowest BCUT2D eigenvalue weighted by molar-refractivity contribution is -0.134. The minimum absolute atomic E-state index is 0.284. The molecule has 0 aromatic heterocycles. The molecule has 0 atom stereocenters. The van der Waals surface area contributed by atoms with Crippen LogP contribution in [0.4, 0.5) is 10.1 Å². The second-order valence-corrected chi connectivity index (χ2v) is 6.58. The molecule has 2 aromatic rings. The van der Waals surface area contributed by atoms with Crippen molar-refractivity contribution >= 4 is 29.1 Å². The summed E-state index contributed by atoms with van der Waals surface area (Å²) in [5.74, 6) is -0.946. The zero-order valence-corrected chi connectivity index (χ0v) is 14.3. The molecule has 1 fully saturated rings. The van der Waals surface area contributed by atoms with Crippen LogP contribution in [-0.2, 0) is 16.0 Å². The summed E-state index contributed by atoms with van der Waals surface area (Å²) in [6, 6.07) is 13.2. The van der Waals surface area contributed by atoms with Gasteiger partial charge in [-0.25, -0.2) is 4.39 Å². The molecular weight excluding hydrogens is 343 g/mol. The van der Waals surface area contributed by atoms with Gasteiger partial charge in [-0.15, -0.1) is 0 Å². The van der Waals surface area contributed by atoms with Crippen LogP contribution in [0.25, 0.3) is 0 Å². The standard InChI is InChI=1S/C19H18ClFN2O2/c20-14-5-3-6-15(12-14)23-18(25)19(9-10-19)17(24)22-11-8-13-4-1-2-7-16(13)21/h1-7,12H,8-11H2,(H,22,24)(H,23,25). The Morgan fingerprint density at radius 3 is 2.52 bits per heavy atom. The van der Waals surface area contributed by atoms with Crippen molar-refractivity contribution in [3.8, 4) is 0 Å². The van der Waals surface area contributed by atoms with Gasteiger partial charge in [0.25, 0.3) is 0 Å². The minimum Gasteiger partial charge on any atom is -0.355 e. The molecule has 0 aliphatic heterocycles. The summed E-state index contributed by atoms with van der Waals surface area (Å²) >= 11 is 5.90. The largest absolute Gasteiger partial charge is 0.355 e. The second-order valence-electron chi connectivity index (χ2n) is 6.14. The van der Waals surface area contributed by atoms with Crippen LogP contribution in [0.5, 0.6) is 0 Å². The summed E-state index contributed by atoms with van der Waals surface area (Å²) in [5.41, 5.74) is 0.0660. The summed E-state index contributed by atoms with van der Waals surface area (Å²) in [6.07, 6.45) is 1.39. The third-order valence-electron chi connectivity index (χ3n) is 4.34. The van der Waals surface area contributed by atoms with Crippen molar-refractivity contribution in [2.24, 2.45) is 5.41 Å². The summed E-state index contributed by atoms with van der Waals surface area (Å²) in [4.78, 5) is 24.9. The number of nitrogens with one attached hydrogen (secondary N) is 2. The van der Waals surface area contributed by atoms with E-state index in [-0.39, 0.29) is 24.2 Å². The van der Waals surface area contributed by atoms with E-state index in [2.05, 4.69) is 10.6 Å². The van der Waals surface area contributed by atoms with Gasteiger partial charge in [-0.2, -0.15) is 0 Å². The Morgan fingerprint density at radius 1 is 1.08 bits per heavy atom. The van der Waals surface area contributed by atoms with E-state index >= 15 is 0 Å². The summed E-state index contributed by atoms with van der Waals surface area (Å²) in [7, 11) is 0. The van der Waals surface area contributed by atoms with E-state index in [1.165, 1.54) is 6.07 Å². The van der Waals surface area contributed by atoms with E-state index in [1.807, 2.05) is 0 Å². The van der Waals surface area contributed by atoms with Gasteiger partial charge in [-0.1, -0.05) is 35.9 Å². The van der Waals surface area contributed by atoms with Gasteiger partial charge in [0.15, 0.2) is 0 Å². The number of halogens is 2. The lowest BCUT2D eigenvalue weighted by Gasteiger charge is -2.15. The van der Waals surface area contributed by atoms with E-state index in [9.17, 15) is 14.0 Å². The van der Waals surface area contributed by atoms with Crippen molar-refractivity contribution in [2.45, 2.75) is 19.3 Å². The SMILES string of the molecule is O=C(NCCc1ccccc1F)C1(C(=O)Nc2cccc(Cl)c2)CC1. The number of anilines is 1. The number of carbonyl (C=O) groups is 2. The van der Waals surface area contributed by atoms with Crippen molar-refractivity contribution in [1.82, 2.24) is 5.32 Å². The average molecular weight is 361 g/mol. The van der Waals surface area contributed by atoms with Crippen molar-refractivity contribution < 1.29 is 14.0 Å². The molecule has 25 heavy (non-hydrogen) atoms. The zero-order valence-electron chi connectivity index (χ0n) is 13.5. The molecule has 0 bridgehead atoms. The van der Waals surface area contributed by atoms with Gasteiger partial charge in [0, 0.05) is 17.3 Å². The molecule has 1 aliphatic rings. The maximum atomic E-state index is 13.6. The fraction of sp³-hybridized carbons (Fsp3) is 0.263. The lowest BCUT2D eigenvalue weighted by atomic mass is 10.0. The highest BCUT2D eigenvalue weighted by Gasteiger charge is 2.56. The van der Waals surface area contributed by atoms with Crippen LogP contribution in [0.3, 0.4) is 0 Å². The second kappa shape index (κ2) is 7.23. The van der Waals surface area contributed by atoms with Crippen molar-refractivity contribution in [1.29, 1.82) is 0 Å². The highest BCUT2D eigenvalue weighted by Crippen LogP contribution is 2.46. The molecule has 0 spiro atoms. The fourth-order valence-electron chi connectivity index (χ4n) is 2.68. The first kappa shape index (κ1) is 17.4. The molecular formula is C19H18ClFN2O2. The van der Waals surface area contributed by atoms with Crippen LogP contribution in [0, 0.1) is 11.2 Å². The van der Waals surface area contributed by atoms with Crippen molar-refractivity contribution in [3.63, 3.8) is 0 Å². The zero-order chi connectivity index (χ0) is 17.9. The molecule has 4 nitrogen and oxygen atoms in total. The van der Waals surface area contributed by atoms with Crippen LogP contribution in [0.2, 0.25) is 5.02 Å². The minimum atomic E-state index is -1.03. The number of hydrogen-bond donors (Lipinski definition) is 2. The summed E-state index contributed by atoms with van der Waals surface area (Å²) < 4.78 is 13.6. The maximum Gasteiger partial charge on any atom is 0.240 e. The Kier molecular flexibility index (Phi) is 5.04. The molecule has 130 valence electrons. The fourth-order valence-corrected chi connectivity index (χ4v) is 2.87. The van der Waals surface area contributed by atoms with Gasteiger partial charge >= 0.3 is 0 Å². The number of benzene rings is 2. The van der Waals surface area contributed by atoms with Crippen molar-refractivity contribution in [2.75, 3.05) is 11.9 Å². The highest BCUT2D eigenvalue weighted by atomic mass is 35.5. The predicted molar refractivity (Wildman–Crippen MR) is 94.9 cm³/mol. The first-order valence-electron chi connectivity index (χ1n) is 8.10. The van der Waals surface area contributed by atoms with Gasteiger partial charge in [0.1, 0.15) is 11.2 Å². The molecule has 0 unspecified atom stereocenters. The molecule has 2 N–H and O–H groups in total. The van der Waals surface area contributed by atoms with Crippen LogP contribution in [-0.4, -0.2) is 18.4 Å². The Morgan fingerprint density at radius 2 is 1.84 bits per heavy atom. The molecule has 2 amide bonds. The Hall–Kier alpha value is -2.40. The lowest BCUT2D eigenvalue weighted by Crippen LogP contribution is -2.40. The van der Waals surface area contributed by atoms with Gasteiger partial charge in [-0.05, 0) is 49.1 Å². The van der Waals surface area contributed by atoms with Gasteiger partial charge in [-0.3, -0.25) is 9.59 Å². The third-order valence-corrected chi connectivity index (χ3v) is 4.57. The molecule has 0 heterocycles. The van der Waals surface area contributed by atoms with Gasteiger partial charge < -0.3 is 10.6 Å². The quantitative estimate of drug-likeness (QED) is 0.774. The highest BCUT2D eigenvalue weighted by molar-refractivity contribution is 6.31. The molecule has 1 aliphatic carbocycles. The Balaban J connectivity index is 1.56. The first-order chi connectivity index (χ1) is 12.0. The predicted octanol–water partition coefficient (Wildman–Crippen LogP) is 3.56. The van der Waals surface area contributed by atoms with Crippen LogP contribution < -0.4 is 10.6 Å². The third kappa shape index (κ3) is 3.99. The Bertz CT molecular complexity index is 806. The topological polar surface area (TPSA) is 58.2 Å². The van der Waals surface area contributed by atoms with Crippen LogP contribution >= 0.6 is 11.6 Å². The van der Waals surface area contributed by atoms with Gasteiger partial charge in [0.2, 0.25) is 11.8 Å². The monoisotopic (exact) mass is 360 g/mol.